The fourth-order valence-electron chi connectivity index (χ4n) is 5.58. The minimum absolute atomic E-state index is 0.430. The lowest BCUT2D eigenvalue weighted by Crippen LogP contribution is -2.21. The van der Waals surface area contributed by atoms with Crippen molar-refractivity contribution in [3.05, 3.63) is 0 Å². The first-order chi connectivity index (χ1) is 20.2. The van der Waals surface area contributed by atoms with E-state index in [0.717, 1.165) is 50.4 Å². The van der Waals surface area contributed by atoms with Crippen LogP contribution in [0.3, 0.4) is 0 Å². The topological polar surface area (TPSA) is 99.3 Å². The van der Waals surface area contributed by atoms with Crippen LogP contribution in [0, 0.1) is 11.8 Å². The molecule has 2 unspecified atom stereocenters. The van der Waals surface area contributed by atoms with E-state index in [-0.39, 0.29) is 0 Å². The highest BCUT2D eigenvalue weighted by molar-refractivity contribution is 5.74. The third kappa shape index (κ3) is 28.6. The van der Waals surface area contributed by atoms with Gasteiger partial charge in [-0.25, -0.2) is 9.59 Å². The quantitative estimate of drug-likeness (QED) is 0.0597. The summed E-state index contributed by atoms with van der Waals surface area (Å²) < 4.78 is 0. The van der Waals surface area contributed by atoms with Crippen LogP contribution in [0.15, 0.2) is 10.2 Å². The third-order valence-corrected chi connectivity index (χ3v) is 8.43. The van der Waals surface area contributed by atoms with Crippen LogP contribution in [0.4, 0.5) is 0 Å². The Balaban J connectivity index is 3.88. The molecule has 0 spiro atoms. The van der Waals surface area contributed by atoms with Crippen LogP contribution in [0.25, 0.3) is 0 Å². The van der Waals surface area contributed by atoms with Gasteiger partial charge in [-0.1, -0.05) is 182 Å². The maximum Gasteiger partial charge on any atom is 0.330 e. The van der Waals surface area contributed by atoms with Crippen molar-refractivity contribution in [1.82, 2.24) is 0 Å². The zero-order valence-corrected chi connectivity index (χ0v) is 28.3. The Bertz CT molecular complexity index is 596. The minimum atomic E-state index is -1.01. The number of carboxylic acids is 2. The fraction of sp³-hybridized carbons (Fsp3) is 0.944. The van der Waals surface area contributed by atoms with Gasteiger partial charge in [-0.3, -0.25) is 0 Å². The van der Waals surface area contributed by atoms with E-state index in [1.54, 1.807) is 0 Å². The third-order valence-electron chi connectivity index (χ3n) is 8.43. The largest absolute Gasteiger partial charge is 0.480 e. The number of azo groups is 1. The van der Waals surface area contributed by atoms with Crippen molar-refractivity contribution in [2.75, 3.05) is 0 Å². The molecule has 42 heavy (non-hydrogen) atoms. The van der Waals surface area contributed by atoms with Gasteiger partial charge >= 0.3 is 11.9 Å². The van der Waals surface area contributed by atoms with E-state index in [1.165, 1.54) is 116 Å². The summed E-state index contributed by atoms with van der Waals surface area (Å²) in [5.41, 5.74) is 0. The monoisotopic (exact) mass is 595 g/mol. The summed E-state index contributed by atoms with van der Waals surface area (Å²) in [5.74, 6) is -0.369. The Labute approximate surface area is 260 Å². The molecule has 0 saturated heterocycles. The van der Waals surface area contributed by atoms with Gasteiger partial charge < -0.3 is 10.2 Å². The first kappa shape index (κ1) is 40.5. The molecule has 248 valence electrons. The smallest absolute Gasteiger partial charge is 0.330 e. The van der Waals surface area contributed by atoms with Crippen molar-refractivity contribution < 1.29 is 19.8 Å². The zero-order valence-electron chi connectivity index (χ0n) is 28.3. The number of aliphatic carboxylic acids is 2. The maximum atomic E-state index is 11.6. The molecule has 0 rings (SSSR count). The van der Waals surface area contributed by atoms with E-state index in [4.69, 9.17) is 0 Å². The summed E-state index contributed by atoms with van der Waals surface area (Å²) in [4.78, 5) is 23.3. The van der Waals surface area contributed by atoms with E-state index < -0.39 is 24.0 Å². The summed E-state index contributed by atoms with van der Waals surface area (Å²) in [6.45, 7) is 9.18. The zero-order chi connectivity index (χ0) is 31.3. The molecule has 0 saturated carbocycles. The van der Waals surface area contributed by atoms with Crippen LogP contribution in [-0.4, -0.2) is 34.2 Å². The average molecular weight is 595 g/mol. The second-order valence-corrected chi connectivity index (χ2v) is 13.7. The molecule has 0 aromatic heterocycles. The Hall–Kier alpha value is -1.46. The van der Waals surface area contributed by atoms with E-state index in [2.05, 4.69) is 37.9 Å². The Kier molecular flexibility index (Phi) is 28.6. The molecule has 2 N–H and O–H groups in total. The second-order valence-electron chi connectivity index (χ2n) is 13.7. The van der Waals surface area contributed by atoms with E-state index >= 15 is 0 Å². The summed E-state index contributed by atoms with van der Waals surface area (Å²) in [6.07, 6.45) is 30.4. The standard InChI is InChI=1S/C36H70N2O4/c1-31(2)27-23-19-15-11-7-5-9-13-17-21-25-29-33(35(39)40)37-38-34(36(41)42)30-26-22-18-14-10-6-8-12-16-20-24-28-32(3)4/h31-34H,5-30H2,1-4H3,(H,39,40)(H,41,42). The number of unbranched alkanes of at least 4 members (excludes halogenated alkanes) is 20. The van der Waals surface area contributed by atoms with Gasteiger partial charge in [0.2, 0.25) is 0 Å². The highest BCUT2D eigenvalue weighted by atomic mass is 16.4. The molecule has 0 bridgehead atoms. The number of carbonyl (C=O) groups is 2. The molecule has 0 amide bonds. The van der Waals surface area contributed by atoms with Gasteiger partial charge in [-0.15, -0.1) is 0 Å². The second kappa shape index (κ2) is 29.6. The molecule has 6 nitrogen and oxygen atoms in total. The van der Waals surface area contributed by atoms with Crippen molar-refractivity contribution in [2.45, 2.75) is 207 Å². The van der Waals surface area contributed by atoms with Crippen LogP contribution >= 0.6 is 0 Å². The summed E-state index contributed by atoms with van der Waals surface area (Å²) in [7, 11) is 0. The van der Waals surface area contributed by atoms with Crippen LogP contribution in [0.1, 0.15) is 195 Å². The summed E-state index contributed by atoms with van der Waals surface area (Å²) in [6, 6.07) is -1.87. The van der Waals surface area contributed by atoms with Gasteiger partial charge in [0.15, 0.2) is 12.1 Å². The van der Waals surface area contributed by atoms with Crippen molar-refractivity contribution in [3.63, 3.8) is 0 Å². The molecule has 2 atom stereocenters. The molecular weight excluding hydrogens is 524 g/mol. The number of rotatable bonds is 32. The first-order valence-electron chi connectivity index (χ1n) is 18.1. The van der Waals surface area contributed by atoms with E-state index in [9.17, 15) is 19.8 Å². The predicted octanol–water partition coefficient (Wildman–Crippen LogP) is 11.8. The predicted molar refractivity (Wildman–Crippen MR) is 177 cm³/mol. The number of hydrogen-bond acceptors (Lipinski definition) is 4. The van der Waals surface area contributed by atoms with E-state index in [1.807, 2.05) is 0 Å². The molecule has 0 heterocycles. The molecule has 0 aliphatic rings. The first-order valence-corrected chi connectivity index (χ1v) is 18.1. The lowest BCUT2D eigenvalue weighted by molar-refractivity contribution is -0.140. The SMILES string of the molecule is CC(C)CCCCCCCCCCCCCC(N=NC(CCCCCCCCCCCCCC(C)C)C(=O)O)C(=O)O. The van der Waals surface area contributed by atoms with Crippen molar-refractivity contribution in [1.29, 1.82) is 0 Å². The van der Waals surface area contributed by atoms with Gasteiger partial charge in [0.1, 0.15) is 0 Å². The van der Waals surface area contributed by atoms with Crippen molar-refractivity contribution >= 4 is 11.9 Å². The van der Waals surface area contributed by atoms with Crippen LogP contribution in [-0.2, 0) is 9.59 Å². The van der Waals surface area contributed by atoms with Gasteiger partial charge in [-0.2, -0.15) is 10.2 Å². The summed E-state index contributed by atoms with van der Waals surface area (Å²) in [5, 5.41) is 27.0. The lowest BCUT2D eigenvalue weighted by Gasteiger charge is -2.10. The Morgan fingerprint density at radius 2 is 0.571 bits per heavy atom. The molecule has 0 aliphatic heterocycles. The highest BCUT2D eigenvalue weighted by Crippen LogP contribution is 2.17. The molecule has 0 aromatic rings. The lowest BCUT2D eigenvalue weighted by atomic mass is 10.0. The van der Waals surface area contributed by atoms with E-state index in [0.29, 0.717) is 12.8 Å². The van der Waals surface area contributed by atoms with Crippen LogP contribution in [0.5, 0.6) is 0 Å². The maximum absolute atomic E-state index is 11.6. The Morgan fingerprint density at radius 1 is 0.381 bits per heavy atom. The Morgan fingerprint density at radius 3 is 0.762 bits per heavy atom. The molecular formula is C36H70N2O4. The van der Waals surface area contributed by atoms with Crippen molar-refractivity contribution in [2.24, 2.45) is 22.1 Å². The fourth-order valence-corrected chi connectivity index (χ4v) is 5.58. The minimum Gasteiger partial charge on any atom is -0.480 e. The molecule has 0 aliphatic carbocycles. The number of hydrogen-bond donors (Lipinski definition) is 2. The van der Waals surface area contributed by atoms with Gasteiger partial charge in [0.25, 0.3) is 0 Å². The normalized spacial score (nSPS) is 13.4. The number of carboxylic acid groups (broad SMARTS) is 2. The van der Waals surface area contributed by atoms with Crippen LogP contribution < -0.4 is 0 Å². The molecule has 6 heteroatoms. The molecule has 0 aromatic carbocycles. The highest BCUT2D eigenvalue weighted by Gasteiger charge is 2.20. The van der Waals surface area contributed by atoms with Crippen LogP contribution in [0.2, 0.25) is 0 Å². The number of nitrogens with zero attached hydrogens (tertiary/aromatic N) is 2. The van der Waals surface area contributed by atoms with Gasteiger partial charge in [-0.05, 0) is 24.7 Å². The molecule has 0 fully saturated rings. The average Bonchev–Trinajstić information content (AvgIpc) is 2.93. The van der Waals surface area contributed by atoms with Crippen molar-refractivity contribution in [3.8, 4) is 0 Å². The summed E-state index contributed by atoms with van der Waals surface area (Å²) >= 11 is 0. The van der Waals surface area contributed by atoms with Gasteiger partial charge in [0, 0.05) is 0 Å². The molecule has 0 radical (unpaired) electrons. The van der Waals surface area contributed by atoms with Gasteiger partial charge in [0.05, 0.1) is 0 Å².